The van der Waals surface area contributed by atoms with Crippen LogP contribution in [0.15, 0.2) is 41.0 Å². The van der Waals surface area contributed by atoms with Gasteiger partial charge in [0.2, 0.25) is 0 Å². The summed E-state index contributed by atoms with van der Waals surface area (Å²) >= 11 is 3.40. The number of nitrogen functional groups attached to an aromatic ring is 1. The molecule has 0 aliphatic carbocycles. The van der Waals surface area contributed by atoms with E-state index in [2.05, 4.69) is 33.2 Å². The molecule has 3 N–H and O–H groups in total. The van der Waals surface area contributed by atoms with E-state index in [1.54, 1.807) is 12.3 Å². The summed E-state index contributed by atoms with van der Waals surface area (Å²) in [6, 6.07) is 8.64. The fourth-order valence-electron chi connectivity index (χ4n) is 2.24. The van der Waals surface area contributed by atoms with E-state index >= 15 is 0 Å². The molecule has 0 aliphatic rings. The maximum absolute atomic E-state index is 14.1. The molecule has 1 atom stereocenters. The topological polar surface area (TPSA) is 50.9 Å². The molecule has 0 amide bonds. The van der Waals surface area contributed by atoms with Crippen LogP contribution in [0.25, 0.3) is 0 Å². The number of pyridine rings is 1. The second kappa shape index (κ2) is 7.52. The Hall–Kier alpha value is -1.46. The van der Waals surface area contributed by atoms with E-state index in [0.717, 1.165) is 23.0 Å². The average molecular weight is 352 g/mol. The van der Waals surface area contributed by atoms with Gasteiger partial charge in [0.15, 0.2) is 0 Å². The molecule has 1 unspecified atom stereocenters. The van der Waals surface area contributed by atoms with E-state index in [4.69, 9.17) is 5.73 Å². The van der Waals surface area contributed by atoms with Crippen molar-refractivity contribution in [2.75, 3.05) is 12.3 Å². The van der Waals surface area contributed by atoms with Crippen molar-refractivity contribution in [2.24, 2.45) is 0 Å². The summed E-state index contributed by atoms with van der Waals surface area (Å²) < 4.78 is 15.0. The molecule has 2 aromatic rings. The van der Waals surface area contributed by atoms with Crippen molar-refractivity contribution in [1.82, 2.24) is 10.3 Å². The van der Waals surface area contributed by atoms with E-state index in [-0.39, 0.29) is 11.9 Å². The fourth-order valence-corrected chi connectivity index (χ4v) is 2.61. The van der Waals surface area contributed by atoms with Crippen molar-refractivity contribution >= 4 is 21.7 Å². The molecule has 0 fully saturated rings. The molecular formula is C16H19BrFN3. The first-order valence-electron chi connectivity index (χ1n) is 6.99. The third-order valence-corrected chi connectivity index (χ3v) is 3.82. The SMILES string of the molecule is CCCNC(Cc1cccnc1N)c1cc(Br)ccc1F. The predicted octanol–water partition coefficient (Wildman–Crippen LogP) is 3.85. The summed E-state index contributed by atoms with van der Waals surface area (Å²) in [5, 5.41) is 3.39. The number of halogens is 2. The number of hydrogen-bond donors (Lipinski definition) is 2. The Kier molecular flexibility index (Phi) is 5.70. The van der Waals surface area contributed by atoms with Gasteiger partial charge in [-0.05, 0) is 49.2 Å². The van der Waals surface area contributed by atoms with Crippen LogP contribution in [0.2, 0.25) is 0 Å². The molecule has 0 spiro atoms. The Morgan fingerprint density at radius 3 is 2.90 bits per heavy atom. The molecule has 112 valence electrons. The van der Waals surface area contributed by atoms with Crippen LogP contribution in [0.3, 0.4) is 0 Å². The monoisotopic (exact) mass is 351 g/mol. The Balaban J connectivity index is 2.30. The smallest absolute Gasteiger partial charge is 0.128 e. The lowest BCUT2D eigenvalue weighted by Crippen LogP contribution is -2.25. The number of nitrogens with zero attached hydrogens (tertiary/aromatic N) is 1. The Morgan fingerprint density at radius 1 is 1.38 bits per heavy atom. The highest BCUT2D eigenvalue weighted by molar-refractivity contribution is 9.10. The average Bonchev–Trinajstić information content (AvgIpc) is 2.48. The van der Waals surface area contributed by atoms with Crippen molar-refractivity contribution in [2.45, 2.75) is 25.8 Å². The van der Waals surface area contributed by atoms with Gasteiger partial charge >= 0.3 is 0 Å². The second-order valence-electron chi connectivity index (χ2n) is 4.92. The van der Waals surface area contributed by atoms with Crippen molar-refractivity contribution in [3.63, 3.8) is 0 Å². The van der Waals surface area contributed by atoms with Gasteiger partial charge in [-0.3, -0.25) is 0 Å². The molecule has 2 rings (SSSR count). The zero-order valence-corrected chi connectivity index (χ0v) is 13.5. The van der Waals surface area contributed by atoms with E-state index < -0.39 is 0 Å². The Labute approximate surface area is 132 Å². The van der Waals surface area contributed by atoms with E-state index in [1.165, 1.54) is 6.07 Å². The van der Waals surface area contributed by atoms with Crippen molar-refractivity contribution in [1.29, 1.82) is 0 Å². The van der Waals surface area contributed by atoms with Gasteiger partial charge in [0.1, 0.15) is 11.6 Å². The highest BCUT2D eigenvalue weighted by atomic mass is 79.9. The van der Waals surface area contributed by atoms with Crippen LogP contribution in [-0.2, 0) is 6.42 Å². The summed E-state index contributed by atoms with van der Waals surface area (Å²) in [4.78, 5) is 4.09. The summed E-state index contributed by atoms with van der Waals surface area (Å²) in [5.41, 5.74) is 7.46. The fraction of sp³-hybridized carbons (Fsp3) is 0.312. The summed E-state index contributed by atoms with van der Waals surface area (Å²) in [7, 11) is 0. The van der Waals surface area contributed by atoms with Crippen LogP contribution in [0, 0.1) is 5.82 Å². The Morgan fingerprint density at radius 2 is 2.19 bits per heavy atom. The molecule has 21 heavy (non-hydrogen) atoms. The minimum absolute atomic E-state index is 0.131. The number of hydrogen-bond acceptors (Lipinski definition) is 3. The number of aromatic nitrogens is 1. The van der Waals surface area contributed by atoms with Crippen LogP contribution in [0.4, 0.5) is 10.2 Å². The maximum Gasteiger partial charge on any atom is 0.128 e. The van der Waals surface area contributed by atoms with Crippen molar-refractivity contribution in [3.05, 3.63) is 57.9 Å². The standard InChI is InChI=1S/C16H19BrFN3/c1-2-7-20-15(9-11-4-3-8-21-16(11)19)13-10-12(17)5-6-14(13)18/h3-6,8,10,15,20H,2,7,9H2,1H3,(H2,19,21). The van der Waals surface area contributed by atoms with Gasteiger partial charge in [-0.1, -0.05) is 28.9 Å². The predicted molar refractivity (Wildman–Crippen MR) is 87.5 cm³/mol. The van der Waals surface area contributed by atoms with Gasteiger partial charge in [-0.15, -0.1) is 0 Å². The van der Waals surface area contributed by atoms with Crippen LogP contribution in [0.1, 0.15) is 30.5 Å². The molecule has 1 aromatic heterocycles. The van der Waals surface area contributed by atoms with E-state index in [0.29, 0.717) is 17.8 Å². The minimum Gasteiger partial charge on any atom is -0.383 e. The quantitative estimate of drug-likeness (QED) is 0.830. The largest absolute Gasteiger partial charge is 0.383 e. The lowest BCUT2D eigenvalue weighted by molar-refractivity contribution is 0.497. The zero-order chi connectivity index (χ0) is 15.2. The Bertz CT molecular complexity index is 604. The highest BCUT2D eigenvalue weighted by Crippen LogP contribution is 2.26. The first kappa shape index (κ1) is 15.9. The third kappa shape index (κ3) is 4.25. The van der Waals surface area contributed by atoms with Gasteiger partial charge < -0.3 is 11.1 Å². The van der Waals surface area contributed by atoms with Gasteiger partial charge in [-0.25, -0.2) is 9.37 Å². The number of nitrogens with one attached hydrogen (secondary N) is 1. The summed E-state index contributed by atoms with van der Waals surface area (Å²) in [6.45, 7) is 2.90. The first-order chi connectivity index (χ1) is 10.1. The third-order valence-electron chi connectivity index (χ3n) is 3.32. The van der Waals surface area contributed by atoms with Crippen molar-refractivity contribution in [3.8, 4) is 0 Å². The lowest BCUT2D eigenvalue weighted by atomic mass is 9.98. The highest BCUT2D eigenvalue weighted by Gasteiger charge is 2.17. The second-order valence-corrected chi connectivity index (χ2v) is 5.84. The number of nitrogens with two attached hydrogens (primary N) is 1. The first-order valence-corrected chi connectivity index (χ1v) is 7.78. The van der Waals surface area contributed by atoms with Crippen LogP contribution < -0.4 is 11.1 Å². The molecule has 0 aliphatic heterocycles. The molecule has 0 bridgehead atoms. The van der Waals surface area contributed by atoms with Gasteiger partial charge in [-0.2, -0.15) is 0 Å². The molecule has 0 radical (unpaired) electrons. The molecule has 1 heterocycles. The summed E-state index contributed by atoms with van der Waals surface area (Å²) in [5.74, 6) is 0.283. The number of benzene rings is 1. The number of rotatable bonds is 6. The molecule has 1 aromatic carbocycles. The van der Waals surface area contributed by atoms with E-state index in [9.17, 15) is 4.39 Å². The minimum atomic E-state index is -0.214. The normalized spacial score (nSPS) is 12.3. The number of anilines is 1. The molecule has 0 saturated heterocycles. The van der Waals surface area contributed by atoms with Crippen molar-refractivity contribution < 1.29 is 4.39 Å². The molecule has 3 nitrogen and oxygen atoms in total. The zero-order valence-electron chi connectivity index (χ0n) is 11.9. The molecule has 5 heteroatoms. The summed E-state index contributed by atoms with van der Waals surface area (Å²) in [6.07, 6.45) is 3.24. The van der Waals surface area contributed by atoms with Gasteiger partial charge in [0, 0.05) is 22.3 Å². The molecular weight excluding hydrogens is 333 g/mol. The lowest BCUT2D eigenvalue weighted by Gasteiger charge is -2.20. The van der Waals surface area contributed by atoms with Crippen LogP contribution in [-0.4, -0.2) is 11.5 Å². The maximum atomic E-state index is 14.1. The molecule has 0 saturated carbocycles. The van der Waals surface area contributed by atoms with Gasteiger partial charge in [0.25, 0.3) is 0 Å². The van der Waals surface area contributed by atoms with Gasteiger partial charge in [0.05, 0.1) is 0 Å². The van der Waals surface area contributed by atoms with E-state index in [1.807, 2.05) is 18.2 Å². The van der Waals surface area contributed by atoms with Crippen LogP contribution >= 0.6 is 15.9 Å². The van der Waals surface area contributed by atoms with Crippen LogP contribution in [0.5, 0.6) is 0 Å².